The second-order valence-corrected chi connectivity index (χ2v) is 7.12. The molecule has 5 nitrogen and oxygen atoms in total. The SMILES string of the molecule is CN1C[C@]2(CCN(C(=O)c3cc4ccccc4s3)C2)OC1=O. The van der Waals surface area contributed by atoms with Gasteiger partial charge in [0.25, 0.3) is 5.91 Å². The van der Waals surface area contributed by atoms with Gasteiger partial charge in [-0.25, -0.2) is 4.79 Å². The number of likely N-dealkylation sites (tertiary alicyclic amines) is 1. The Balaban J connectivity index is 1.55. The Morgan fingerprint density at radius 3 is 2.86 bits per heavy atom. The van der Waals surface area contributed by atoms with Crippen LogP contribution in [0.4, 0.5) is 4.79 Å². The molecule has 6 heteroatoms. The maximum atomic E-state index is 12.7. The molecular weight excluding hydrogens is 300 g/mol. The number of rotatable bonds is 1. The van der Waals surface area contributed by atoms with Crippen LogP contribution in [0.2, 0.25) is 0 Å². The Kier molecular flexibility index (Phi) is 2.91. The predicted octanol–water partition coefficient (Wildman–Crippen LogP) is 2.57. The summed E-state index contributed by atoms with van der Waals surface area (Å²) in [5.74, 6) is 0.0312. The molecule has 0 aliphatic carbocycles. The number of amides is 2. The van der Waals surface area contributed by atoms with Crippen LogP contribution in [0.25, 0.3) is 10.1 Å². The third kappa shape index (κ3) is 2.06. The van der Waals surface area contributed by atoms with Crippen molar-refractivity contribution >= 4 is 33.4 Å². The topological polar surface area (TPSA) is 49.9 Å². The Bertz CT molecular complexity index is 739. The van der Waals surface area contributed by atoms with Gasteiger partial charge in [0.15, 0.2) is 5.60 Å². The number of nitrogens with zero attached hydrogens (tertiary/aromatic N) is 2. The molecule has 2 aromatic rings. The van der Waals surface area contributed by atoms with Crippen LogP contribution in [0.3, 0.4) is 0 Å². The van der Waals surface area contributed by atoms with Gasteiger partial charge in [-0.3, -0.25) is 4.79 Å². The molecule has 4 rings (SSSR count). The van der Waals surface area contributed by atoms with Gasteiger partial charge >= 0.3 is 6.09 Å². The van der Waals surface area contributed by atoms with Crippen molar-refractivity contribution in [3.05, 3.63) is 35.2 Å². The summed E-state index contributed by atoms with van der Waals surface area (Å²) in [5.41, 5.74) is -0.516. The fourth-order valence-corrected chi connectivity index (χ4v) is 4.30. The molecule has 1 spiro atoms. The zero-order chi connectivity index (χ0) is 15.3. The van der Waals surface area contributed by atoms with Gasteiger partial charge in [-0.15, -0.1) is 11.3 Å². The van der Waals surface area contributed by atoms with Crippen LogP contribution in [0.5, 0.6) is 0 Å². The molecule has 0 saturated carbocycles. The van der Waals surface area contributed by atoms with E-state index >= 15 is 0 Å². The molecule has 2 aliphatic rings. The van der Waals surface area contributed by atoms with Crippen molar-refractivity contribution in [3.8, 4) is 0 Å². The molecule has 1 atom stereocenters. The lowest BCUT2D eigenvalue weighted by Gasteiger charge is -2.21. The first-order chi connectivity index (χ1) is 10.6. The van der Waals surface area contributed by atoms with E-state index < -0.39 is 5.60 Å². The zero-order valence-corrected chi connectivity index (χ0v) is 13.1. The highest BCUT2D eigenvalue weighted by atomic mass is 32.1. The molecule has 0 bridgehead atoms. The van der Waals surface area contributed by atoms with Crippen LogP contribution >= 0.6 is 11.3 Å². The van der Waals surface area contributed by atoms with E-state index in [1.54, 1.807) is 16.8 Å². The first kappa shape index (κ1) is 13.6. The van der Waals surface area contributed by atoms with Crippen molar-refractivity contribution in [1.82, 2.24) is 9.80 Å². The molecule has 0 unspecified atom stereocenters. The van der Waals surface area contributed by atoms with E-state index in [2.05, 4.69) is 0 Å². The molecule has 2 amide bonds. The third-order valence-corrected chi connectivity index (χ3v) is 5.48. The first-order valence-electron chi connectivity index (χ1n) is 7.28. The van der Waals surface area contributed by atoms with Gasteiger partial charge in [0.2, 0.25) is 0 Å². The number of benzene rings is 1. The summed E-state index contributed by atoms with van der Waals surface area (Å²) < 4.78 is 6.61. The Hall–Kier alpha value is -2.08. The maximum Gasteiger partial charge on any atom is 0.410 e. The van der Waals surface area contributed by atoms with Crippen LogP contribution in [0, 0.1) is 0 Å². The van der Waals surface area contributed by atoms with Crippen LogP contribution in [0.1, 0.15) is 16.1 Å². The van der Waals surface area contributed by atoms with E-state index in [1.807, 2.05) is 30.3 Å². The second-order valence-electron chi connectivity index (χ2n) is 6.03. The number of ether oxygens (including phenoxy) is 1. The summed E-state index contributed by atoms with van der Waals surface area (Å²) in [5, 5.41) is 1.09. The van der Waals surface area contributed by atoms with Gasteiger partial charge < -0.3 is 14.5 Å². The minimum Gasteiger partial charge on any atom is -0.439 e. The molecule has 22 heavy (non-hydrogen) atoms. The maximum absolute atomic E-state index is 12.7. The average Bonchev–Trinajstić information content (AvgIpc) is 3.17. The van der Waals surface area contributed by atoms with Gasteiger partial charge in [0.1, 0.15) is 0 Å². The van der Waals surface area contributed by atoms with Crippen molar-refractivity contribution in [3.63, 3.8) is 0 Å². The Morgan fingerprint density at radius 2 is 2.14 bits per heavy atom. The molecule has 2 fully saturated rings. The second kappa shape index (κ2) is 4.71. The van der Waals surface area contributed by atoms with Gasteiger partial charge in [-0.1, -0.05) is 18.2 Å². The number of carbonyl (C=O) groups excluding carboxylic acids is 2. The quantitative estimate of drug-likeness (QED) is 0.812. The fourth-order valence-electron chi connectivity index (χ4n) is 3.27. The van der Waals surface area contributed by atoms with Crippen molar-refractivity contribution < 1.29 is 14.3 Å². The van der Waals surface area contributed by atoms with Gasteiger partial charge in [0, 0.05) is 24.7 Å². The third-order valence-electron chi connectivity index (χ3n) is 4.38. The smallest absolute Gasteiger partial charge is 0.410 e. The normalized spacial score (nSPS) is 24.5. The Labute approximate surface area is 132 Å². The van der Waals surface area contributed by atoms with Crippen molar-refractivity contribution in [2.24, 2.45) is 0 Å². The number of thiophene rings is 1. The lowest BCUT2D eigenvalue weighted by molar-refractivity contribution is 0.0555. The van der Waals surface area contributed by atoms with Crippen LogP contribution < -0.4 is 0 Å². The zero-order valence-electron chi connectivity index (χ0n) is 12.2. The average molecular weight is 316 g/mol. The monoisotopic (exact) mass is 316 g/mol. The van der Waals surface area contributed by atoms with Crippen molar-refractivity contribution in [2.45, 2.75) is 12.0 Å². The van der Waals surface area contributed by atoms with Crippen molar-refractivity contribution in [2.75, 3.05) is 26.7 Å². The molecule has 0 N–H and O–H groups in total. The van der Waals surface area contributed by atoms with Gasteiger partial charge in [-0.05, 0) is 17.5 Å². The number of likely N-dealkylation sites (N-methyl/N-ethyl adjacent to an activating group) is 1. The molecule has 3 heterocycles. The molecule has 0 radical (unpaired) electrons. The molecule has 2 aliphatic heterocycles. The number of hydrogen-bond acceptors (Lipinski definition) is 4. The van der Waals surface area contributed by atoms with E-state index in [0.717, 1.165) is 15.0 Å². The Morgan fingerprint density at radius 1 is 1.32 bits per heavy atom. The molecule has 2 saturated heterocycles. The van der Waals surface area contributed by atoms with Gasteiger partial charge in [0.05, 0.1) is 18.0 Å². The lowest BCUT2D eigenvalue weighted by Crippen LogP contribution is -2.38. The summed E-state index contributed by atoms with van der Waals surface area (Å²) in [6, 6.07) is 9.94. The van der Waals surface area contributed by atoms with Crippen molar-refractivity contribution in [1.29, 1.82) is 0 Å². The van der Waals surface area contributed by atoms with Crippen LogP contribution in [-0.4, -0.2) is 54.1 Å². The number of fused-ring (bicyclic) bond motifs is 1. The van der Waals surface area contributed by atoms with E-state index in [4.69, 9.17) is 4.74 Å². The summed E-state index contributed by atoms with van der Waals surface area (Å²) in [6.07, 6.45) is 0.413. The van der Waals surface area contributed by atoms with E-state index in [-0.39, 0.29) is 12.0 Å². The summed E-state index contributed by atoms with van der Waals surface area (Å²) in [7, 11) is 1.73. The first-order valence-corrected chi connectivity index (χ1v) is 8.10. The molecule has 1 aromatic heterocycles. The summed E-state index contributed by atoms with van der Waals surface area (Å²) in [4.78, 5) is 28.4. The van der Waals surface area contributed by atoms with Crippen LogP contribution in [-0.2, 0) is 4.74 Å². The summed E-state index contributed by atoms with van der Waals surface area (Å²) in [6.45, 7) is 1.67. The largest absolute Gasteiger partial charge is 0.439 e. The molecule has 1 aromatic carbocycles. The predicted molar refractivity (Wildman–Crippen MR) is 84.2 cm³/mol. The highest BCUT2D eigenvalue weighted by Crippen LogP contribution is 2.34. The van der Waals surface area contributed by atoms with E-state index in [9.17, 15) is 9.59 Å². The number of hydrogen-bond donors (Lipinski definition) is 0. The van der Waals surface area contributed by atoms with E-state index in [0.29, 0.717) is 26.1 Å². The number of carbonyl (C=O) groups is 2. The summed E-state index contributed by atoms with van der Waals surface area (Å²) >= 11 is 1.51. The van der Waals surface area contributed by atoms with Crippen LogP contribution in [0.15, 0.2) is 30.3 Å². The van der Waals surface area contributed by atoms with E-state index in [1.165, 1.54) is 11.3 Å². The highest BCUT2D eigenvalue weighted by Gasteiger charge is 2.49. The molecule has 114 valence electrons. The van der Waals surface area contributed by atoms with Gasteiger partial charge in [-0.2, -0.15) is 0 Å². The lowest BCUT2D eigenvalue weighted by atomic mass is 10.0. The standard InChI is InChI=1S/C16H16N2O3S/c1-17-9-16(21-15(17)20)6-7-18(10-16)14(19)13-8-11-4-2-3-5-12(11)22-13/h2-5,8H,6-7,9-10H2,1H3/t16-/m0/s1. The minimum absolute atomic E-state index is 0.0312. The molecular formula is C16H16N2O3S. The highest BCUT2D eigenvalue weighted by molar-refractivity contribution is 7.20. The minimum atomic E-state index is -0.516. The fraction of sp³-hybridized carbons (Fsp3) is 0.375.